The summed E-state index contributed by atoms with van der Waals surface area (Å²) in [6.45, 7) is 0. The van der Waals surface area contributed by atoms with Gasteiger partial charge in [-0.1, -0.05) is 32.1 Å². The van der Waals surface area contributed by atoms with Gasteiger partial charge in [0.25, 0.3) is 0 Å². The van der Waals surface area contributed by atoms with E-state index in [0.717, 1.165) is 23.5 Å². The van der Waals surface area contributed by atoms with Gasteiger partial charge in [0.05, 0.1) is 0 Å². The predicted molar refractivity (Wildman–Crippen MR) is 86.0 cm³/mol. The number of hydrogen-bond donors (Lipinski definition) is 1. The minimum absolute atomic E-state index is 0.148. The molecule has 0 spiro atoms. The standard InChI is InChI=1S/C17H24FNOS/c18-14-8-10-16(11-9-14)21-13-12-17(20)19-15-6-4-2-1-3-5-7-15/h8-11,15H,1-7,12-13H2,(H,19,20). The molecule has 116 valence electrons. The van der Waals surface area contributed by atoms with Crippen molar-refractivity contribution in [2.24, 2.45) is 0 Å². The molecule has 0 heterocycles. The Labute approximate surface area is 130 Å². The van der Waals surface area contributed by atoms with Gasteiger partial charge in [-0.25, -0.2) is 4.39 Å². The van der Waals surface area contributed by atoms with Crippen LogP contribution in [0.5, 0.6) is 0 Å². The van der Waals surface area contributed by atoms with E-state index in [9.17, 15) is 9.18 Å². The van der Waals surface area contributed by atoms with E-state index in [-0.39, 0.29) is 11.7 Å². The molecule has 1 N–H and O–H groups in total. The Kier molecular flexibility index (Phi) is 7.07. The lowest BCUT2D eigenvalue weighted by atomic mass is 9.97. The first-order valence-electron chi connectivity index (χ1n) is 7.92. The summed E-state index contributed by atoms with van der Waals surface area (Å²) in [6.07, 6.45) is 9.17. The number of nitrogens with one attached hydrogen (secondary N) is 1. The number of benzene rings is 1. The van der Waals surface area contributed by atoms with Gasteiger partial charge in [0.2, 0.25) is 5.91 Å². The number of hydrogen-bond acceptors (Lipinski definition) is 2. The number of rotatable bonds is 5. The zero-order valence-electron chi connectivity index (χ0n) is 12.4. The molecule has 0 atom stereocenters. The van der Waals surface area contributed by atoms with E-state index in [1.54, 1.807) is 23.9 Å². The highest BCUT2D eigenvalue weighted by atomic mass is 32.2. The molecule has 1 aliphatic carbocycles. The third-order valence-corrected chi connectivity index (χ3v) is 4.90. The molecule has 0 aromatic heterocycles. The summed E-state index contributed by atoms with van der Waals surface area (Å²) in [5, 5.41) is 3.17. The Balaban J connectivity index is 1.65. The Morgan fingerprint density at radius 1 is 1.10 bits per heavy atom. The van der Waals surface area contributed by atoms with Gasteiger partial charge in [0, 0.05) is 23.1 Å². The highest BCUT2D eigenvalue weighted by Gasteiger charge is 2.13. The molecule has 1 fully saturated rings. The highest BCUT2D eigenvalue weighted by Crippen LogP contribution is 2.20. The largest absolute Gasteiger partial charge is 0.353 e. The molecule has 4 heteroatoms. The molecule has 21 heavy (non-hydrogen) atoms. The molecule has 1 amide bonds. The van der Waals surface area contributed by atoms with Crippen molar-refractivity contribution in [2.45, 2.75) is 62.3 Å². The summed E-state index contributed by atoms with van der Waals surface area (Å²) < 4.78 is 12.8. The molecule has 2 rings (SSSR count). The highest BCUT2D eigenvalue weighted by molar-refractivity contribution is 7.99. The van der Waals surface area contributed by atoms with Crippen LogP contribution in [-0.2, 0) is 4.79 Å². The summed E-state index contributed by atoms with van der Waals surface area (Å²) in [6, 6.07) is 6.79. The van der Waals surface area contributed by atoms with Gasteiger partial charge in [0.15, 0.2) is 0 Å². The SMILES string of the molecule is O=C(CCSc1ccc(F)cc1)NC1CCCCCCC1. The van der Waals surface area contributed by atoms with Crippen molar-refractivity contribution < 1.29 is 9.18 Å². The molecular formula is C17H24FNOS. The Morgan fingerprint density at radius 2 is 1.71 bits per heavy atom. The van der Waals surface area contributed by atoms with Crippen molar-refractivity contribution in [1.82, 2.24) is 5.32 Å². The third-order valence-electron chi connectivity index (χ3n) is 3.88. The third kappa shape index (κ3) is 6.51. The average molecular weight is 309 g/mol. The summed E-state index contributed by atoms with van der Waals surface area (Å²) >= 11 is 1.60. The van der Waals surface area contributed by atoms with Crippen molar-refractivity contribution in [1.29, 1.82) is 0 Å². The van der Waals surface area contributed by atoms with Gasteiger partial charge >= 0.3 is 0 Å². The van der Waals surface area contributed by atoms with E-state index < -0.39 is 0 Å². The number of carbonyl (C=O) groups is 1. The number of carbonyl (C=O) groups excluding carboxylic acids is 1. The quantitative estimate of drug-likeness (QED) is 0.809. The van der Waals surface area contributed by atoms with Gasteiger partial charge in [-0.3, -0.25) is 4.79 Å². The molecular weight excluding hydrogens is 285 g/mol. The Hall–Kier alpha value is -1.03. The fraction of sp³-hybridized carbons (Fsp3) is 0.588. The summed E-state index contributed by atoms with van der Waals surface area (Å²) in [5.74, 6) is 0.668. The maximum absolute atomic E-state index is 12.8. The lowest BCUT2D eigenvalue weighted by Gasteiger charge is -2.21. The van der Waals surface area contributed by atoms with Crippen LogP contribution in [0.2, 0.25) is 0 Å². The van der Waals surface area contributed by atoms with E-state index in [1.165, 1.54) is 44.2 Å². The second-order valence-corrected chi connectivity index (χ2v) is 6.83. The minimum Gasteiger partial charge on any atom is -0.353 e. The van der Waals surface area contributed by atoms with Crippen molar-refractivity contribution in [3.8, 4) is 0 Å². The van der Waals surface area contributed by atoms with E-state index in [4.69, 9.17) is 0 Å². The fourth-order valence-electron chi connectivity index (χ4n) is 2.69. The van der Waals surface area contributed by atoms with E-state index >= 15 is 0 Å². The van der Waals surface area contributed by atoms with Crippen LogP contribution in [0.15, 0.2) is 29.2 Å². The minimum atomic E-state index is -0.221. The Morgan fingerprint density at radius 3 is 2.38 bits per heavy atom. The summed E-state index contributed by atoms with van der Waals surface area (Å²) in [7, 11) is 0. The maximum atomic E-state index is 12.8. The second-order valence-electron chi connectivity index (χ2n) is 5.66. The molecule has 0 bridgehead atoms. The summed E-state index contributed by atoms with van der Waals surface area (Å²) in [5.41, 5.74) is 0. The molecule has 1 aromatic carbocycles. The molecule has 0 saturated heterocycles. The molecule has 1 aromatic rings. The number of thioether (sulfide) groups is 1. The van der Waals surface area contributed by atoms with Crippen LogP contribution in [0.4, 0.5) is 4.39 Å². The first kappa shape index (κ1) is 16.3. The predicted octanol–water partition coefficient (Wildman–Crippen LogP) is 4.54. The lowest BCUT2D eigenvalue weighted by molar-refractivity contribution is -0.121. The molecule has 0 aliphatic heterocycles. The number of halogens is 1. The first-order valence-corrected chi connectivity index (χ1v) is 8.90. The van der Waals surface area contributed by atoms with Gasteiger partial charge in [-0.15, -0.1) is 11.8 Å². The fourth-order valence-corrected chi connectivity index (χ4v) is 3.54. The molecule has 1 aliphatic rings. The van der Waals surface area contributed by atoms with Crippen molar-refractivity contribution in [2.75, 3.05) is 5.75 Å². The van der Waals surface area contributed by atoms with Crippen LogP contribution in [0.3, 0.4) is 0 Å². The normalized spacial score (nSPS) is 17.0. The van der Waals surface area contributed by atoms with Gasteiger partial charge in [-0.2, -0.15) is 0 Å². The topological polar surface area (TPSA) is 29.1 Å². The average Bonchev–Trinajstić information content (AvgIpc) is 2.44. The van der Waals surface area contributed by atoms with Crippen LogP contribution in [0.25, 0.3) is 0 Å². The van der Waals surface area contributed by atoms with Crippen molar-refractivity contribution in [3.63, 3.8) is 0 Å². The first-order chi connectivity index (χ1) is 10.2. The zero-order valence-corrected chi connectivity index (χ0v) is 13.3. The van der Waals surface area contributed by atoms with E-state index in [1.807, 2.05) is 0 Å². The van der Waals surface area contributed by atoms with Crippen LogP contribution in [-0.4, -0.2) is 17.7 Å². The monoisotopic (exact) mass is 309 g/mol. The number of amides is 1. The zero-order chi connectivity index (χ0) is 14.9. The molecule has 0 unspecified atom stereocenters. The van der Waals surface area contributed by atoms with E-state index in [2.05, 4.69) is 5.32 Å². The molecule has 0 radical (unpaired) electrons. The van der Waals surface area contributed by atoms with Crippen molar-refractivity contribution in [3.05, 3.63) is 30.1 Å². The van der Waals surface area contributed by atoms with Crippen molar-refractivity contribution >= 4 is 17.7 Å². The Bertz CT molecular complexity index is 427. The summed E-state index contributed by atoms with van der Waals surface area (Å²) in [4.78, 5) is 13.0. The van der Waals surface area contributed by atoms with Crippen LogP contribution in [0, 0.1) is 5.82 Å². The molecule has 1 saturated carbocycles. The van der Waals surface area contributed by atoms with Crippen LogP contribution in [0.1, 0.15) is 51.4 Å². The lowest BCUT2D eigenvalue weighted by Crippen LogP contribution is -2.35. The van der Waals surface area contributed by atoms with Gasteiger partial charge in [0.1, 0.15) is 5.82 Å². The smallest absolute Gasteiger partial charge is 0.221 e. The van der Waals surface area contributed by atoms with E-state index in [0.29, 0.717) is 12.5 Å². The second kappa shape index (κ2) is 9.08. The molecule has 2 nitrogen and oxygen atoms in total. The maximum Gasteiger partial charge on any atom is 0.221 e. The van der Waals surface area contributed by atoms with Crippen LogP contribution < -0.4 is 5.32 Å². The van der Waals surface area contributed by atoms with Gasteiger partial charge < -0.3 is 5.32 Å². The van der Waals surface area contributed by atoms with Gasteiger partial charge in [-0.05, 0) is 37.1 Å². The van der Waals surface area contributed by atoms with Crippen LogP contribution >= 0.6 is 11.8 Å².